The van der Waals surface area contributed by atoms with E-state index in [4.69, 9.17) is 4.42 Å². The highest BCUT2D eigenvalue weighted by atomic mass is 19.1. The van der Waals surface area contributed by atoms with Crippen molar-refractivity contribution in [3.63, 3.8) is 0 Å². The first-order chi connectivity index (χ1) is 12.4. The highest BCUT2D eigenvalue weighted by Crippen LogP contribution is 2.44. The third-order valence-corrected chi connectivity index (χ3v) is 4.29. The summed E-state index contributed by atoms with van der Waals surface area (Å²) < 4.78 is 34.3. The maximum absolute atomic E-state index is 14.5. The number of aromatic hydroxyl groups is 2. The average molecular weight is 352 g/mol. The van der Waals surface area contributed by atoms with E-state index in [9.17, 15) is 19.0 Å². The first-order valence-electron chi connectivity index (χ1n) is 7.95. The molecule has 2 N–H and O–H groups in total. The van der Waals surface area contributed by atoms with Crippen molar-refractivity contribution < 1.29 is 23.4 Å². The predicted molar refractivity (Wildman–Crippen MR) is 95.1 cm³/mol. The number of rotatable bonds is 2. The van der Waals surface area contributed by atoms with Gasteiger partial charge in [-0.3, -0.25) is 0 Å². The van der Waals surface area contributed by atoms with Crippen LogP contribution in [0, 0.1) is 18.6 Å². The van der Waals surface area contributed by atoms with Gasteiger partial charge in [-0.05, 0) is 67.1 Å². The second-order valence-corrected chi connectivity index (χ2v) is 6.12. The first-order valence-corrected chi connectivity index (χ1v) is 7.95. The van der Waals surface area contributed by atoms with Crippen LogP contribution in [0.4, 0.5) is 8.78 Å². The molecule has 0 radical (unpaired) electrons. The molecule has 4 rings (SSSR count). The molecule has 5 heteroatoms. The van der Waals surface area contributed by atoms with E-state index in [0.717, 1.165) is 18.2 Å². The number of halogens is 2. The molecule has 0 aliphatic rings. The topological polar surface area (TPSA) is 53.6 Å². The lowest BCUT2D eigenvalue weighted by Crippen LogP contribution is -1.88. The lowest BCUT2D eigenvalue weighted by molar-refractivity contribution is 0.474. The Kier molecular flexibility index (Phi) is 3.65. The van der Waals surface area contributed by atoms with Crippen molar-refractivity contribution in [2.45, 2.75) is 6.92 Å². The molecule has 0 saturated carbocycles. The maximum Gasteiger partial charge on any atom is 0.143 e. The van der Waals surface area contributed by atoms with Crippen LogP contribution in [0.15, 0.2) is 59.0 Å². The van der Waals surface area contributed by atoms with E-state index in [1.54, 1.807) is 19.1 Å². The molecule has 0 fully saturated rings. The number of fused-ring (bicyclic) bond motifs is 1. The average Bonchev–Trinajstić information content (AvgIpc) is 2.97. The minimum absolute atomic E-state index is 0.00566. The molecule has 26 heavy (non-hydrogen) atoms. The van der Waals surface area contributed by atoms with E-state index in [1.165, 1.54) is 24.3 Å². The fourth-order valence-corrected chi connectivity index (χ4v) is 3.12. The Morgan fingerprint density at radius 1 is 0.846 bits per heavy atom. The molecule has 0 aliphatic carbocycles. The van der Waals surface area contributed by atoms with Gasteiger partial charge in [0.25, 0.3) is 0 Å². The highest BCUT2D eigenvalue weighted by molar-refractivity contribution is 6.03. The Labute approximate surface area is 147 Å². The Morgan fingerprint density at radius 3 is 2.31 bits per heavy atom. The van der Waals surface area contributed by atoms with Gasteiger partial charge in [-0.2, -0.15) is 0 Å². The summed E-state index contributed by atoms with van der Waals surface area (Å²) in [5, 5.41) is 20.0. The van der Waals surface area contributed by atoms with Crippen molar-refractivity contribution in [3.05, 3.63) is 71.8 Å². The van der Waals surface area contributed by atoms with Gasteiger partial charge in [-0.1, -0.05) is 0 Å². The zero-order chi connectivity index (χ0) is 18.4. The highest BCUT2D eigenvalue weighted by Gasteiger charge is 2.22. The van der Waals surface area contributed by atoms with Gasteiger partial charge >= 0.3 is 0 Å². The minimum Gasteiger partial charge on any atom is -0.508 e. The van der Waals surface area contributed by atoms with Crippen LogP contribution in [0.2, 0.25) is 0 Å². The van der Waals surface area contributed by atoms with Gasteiger partial charge in [-0.25, -0.2) is 8.78 Å². The number of hydrogen-bond acceptors (Lipinski definition) is 3. The van der Waals surface area contributed by atoms with Crippen molar-refractivity contribution in [2.24, 2.45) is 0 Å². The molecule has 3 aromatic carbocycles. The third-order valence-electron chi connectivity index (χ3n) is 4.29. The maximum atomic E-state index is 14.5. The quantitative estimate of drug-likeness (QED) is 0.482. The van der Waals surface area contributed by atoms with Gasteiger partial charge in [0.1, 0.15) is 34.5 Å². The van der Waals surface area contributed by atoms with Crippen LogP contribution in [0.3, 0.4) is 0 Å². The Hall–Kier alpha value is -3.34. The SMILES string of the molecule is Cc1cc(O)cc2c(-c3cc(F)ccc3F)c(-c3ccc(O)cc3)oc12. The van der Waals surface area contributed by atoms with E-state index in [1.807, 2.05) is 0 Å². The number of furan rings is 1. The third kappa shape index (κ3) is 2.58. The number of benzene rings is 3. The van der Waals surface area contributed by atoms with Gasteiger partial charge in [0, 0.05) is 22.1 Å². The van der Waals surface area contributed by atoms with Crippen LogP contribution < -0.4 is 0 Å². The van der Waals surface area contributed by atoms with Gasteiger partial charge in [0.05, 0.1) is 0 Å². The van der Waals surface area contributed by atoms with Gasteiger partial charge in [-0.15, -0.1) is 0 Å². The van der Waals surface area contributed by atoms with Crippen LogP contribution >= 0.6 is 0 Å². The summed E-state index contributed by atoms with van der Waals surface area (Å²) in [4.78, 5) is 0. The molecule has 0 unspecified atom stereocenters. The summed E-state index contributed by atoms with van der Waals surface area (Å²) in [7, 11) is 0. The summed E-state index contributed by atoms with van der Waals surface area (Å²) in [5.74, 6) is -0.763. The second kappa shape index (κ2) is 5.88. The standard InChI is InChI=1S/C21H14F2O3/c1-11-8-15(25)10-17-19(16-9-13(22)4-7-18(16)23)21(26-20(11)17)12-2-5-14(24)6-3-12/h2-10,24-25H,1H3. The fraction of sp³-hybridized carbons (Fsp3) is 0.0476. The molecule has 0 atom stereocenters. The van der Waals surface area contributed by atoms with Crippen LogP contribution in [0.1, 0.15) is 5.56 Å². The first kappa shape index (κ1) is 16.1. The van der Waals surface area contributed by atoms with Gasteiger partial charge < -0.3 is 14.6 Å². The van der Waals surface area contributed by atoms with E-state index in [-0.39, 0.29) is 17.1 Å². The molecular formula is C21H14F2O3. The van der Waals surface area contributed by atoms with E-state index < -0.39 is 11.6 Å². The summed E-state index contributed by atoms with van der Waals surface area (Å²) in [5.41, 5.74) is 2.13. The molecule has 4 aromatic rings. The molecule has 0 amide bonds. The monoisotopic (exact) mass is 352 g/mol. The van der Waals surface area contributed by atoms with Gasteiger partial charge in [0.2, 0.25) is 0 Å². The molecule has 130 valence electrons. The van der Waals surface area contributed by atoms with Crippen LogP contribution in [0.5, 0.6) is 11.5 Å². The summed E-state index contributed by atoms with van der Waals surface area (Å²) >= 11 is 0. The molecule has 1 aromatic heterocycles. The second-order valence-electron chi connectivity index (χ2n) is 6.12. The number of phenols is 2. The Morgan fingerprint density at radius 2 is 1.58 bits per heavy atom. The molecule has 3 nitrogen and oxygen atoms in total. The molecule has 1 heterocycles. The molecule has 0 aliphatic heterocycles. The fourth-order valence-electron chi connectivity index (χ4n) is 3.12. The molecular weight excluding hydrogens is 338 g/mol. The summed E-state index contributed by atoms with van der Waals surface area (Å²) in [6, 6.07) is 12.4. The smallest absolute Gasteiger partial charge is 0.143 e. The van der Waals surface area contributed by atoms with E-state index in [2.05, 4.69) is 0 Å². The van der Waals surface area contributed by atoms with Crippen molar-refractivity contribution >= 4 is 11.0 Å². The zero-order valence-electron chi connectivity index (χ0n) is 13.8. The minimum atomic E-state index is -0.602. The number of hydrogen-bond donors (Lipinski definition) is 2. The number of aryl methyl sites for hydroxylation is 1. The van der Waals surface area contributed by atoms with Crippen molar-refractivity contribution in [2.75, 3.05) is 0 Å². The zero-order valence-corrected chi connectivity index (χ0v) is 13.8. The molecule has 0 saturated heterocycles. The lowest BCUT2D eigenvalue weighted by Gasteiger charge is -2.06. The van der Waals surface area contributed by atoms with Crippen molar-refractivity contribution in [1.29, 1.82) is 0 Å². The van der Waals surface area contributed by atoms with Gasteiger partial charge in [0.15, 0.2) is 0 Å². The van der Waals surface area contributed by atoms with E-state index in [0.29, 0.717) is 33.4 Å². The van der Waals surface area contributed by atoms with Crippen molar-refractivity contribution in [3.8, 4) is 33.9 Å². The summed E-state index contributed by atoms with van der Waals surface area (Å²) in [6.07, 6.45) is 0. The van der Waals surface area contributed by atoms with Crippen molar-refractivity contribution in [1.82, 2.24) is 0 Å². The number of phenolic OH excluding ortho intramolecular Hbond substituents is 2. The summed E-state index contributed by atoms with van der Waals surface area (Å²) in [6.45, 7) is 1.76. The van der Waals surface area contributed by atoms with E-state index >= 15 is 0 Å². The van der Waals surface area contributed by atoms with Crippen LogP contribution in [-0.2, 0) is 0 Å². The Bertz CT molecular complexity index is 1130. The largest absolute Gasteiger partial charge is 0.508 e. The molecule has 0 bridgehead atoms. The predicted octanol–water partition coefficient (Wildman–Crippen LogP) is 5.76. The lowest BCUT2D eigenvalue weighted by atomic mass is 9.97. The molecule has 0 spiro atoms. The normalized spacial score (nSPS) is 11.2. The Balaban J connectivity index is 2.13. The van der Waals surface area contributed by atoms with Crippen LogP contribution in [0.25, 0.3) is 33.4 Å². The van der Waals surface area contributed by atoms with Crippen LogP contribution in [-0.4, -0.2) is 10.2 Å².